The van der Waals surface area contributed by atoms with Gasteiger partial charge in [0.15, 0.2) is 0 Å². The van der Waals surface area contributed by atoms with E-state index in [-0.39, 0.29) is 24.5 Å². The Hall–Kier alpha value is -2.38. The Bertz CT molecular complexity index is 765. The fourth-order valence-corrected chi connectivity index (χ4v) is 3.61. The highest BCUT2D eigenvalue weighted by molar-refractivity contribution is 6.35. The predicted molar refractivity (Wildman–Crippen MR) is 111 cm³/mol. The molecule has 2 aliphatic rings. The molecule has 7 nitrogen and oxygen atoms in total. The van der Waals surface area contributed by atoms with Gasteiger partial charge < -0.3 is 19.3 Å². The average molecular weight is 402 g/mol. The number of hydrogen-bond donors (Lipinski definition) is 0. The van der Waals surface area contributed by atoms with Crippen LogP contribution in [-0.4, -0.2) is 85.6 Å². The van der Waals surface area contributed by atoms with Crippen LogP contribution in [-0.2, 0) is 14.3 Å². The maximum atomic E-state index is 13.2. The van der Waals surface area contributed by atoms with Crippen LogP contribution in [0.25, 0.3) is 5.57 Å². The van der Waals surface area contributed by atoms with E-state index in [4.69, 9.17) is 9.47 Å². The summed E-state index contributed by atoms with van der Waals surface area (Å²) in [4.78, 5) is 32.1. The van der Waals surface area contributed by atoms with Crippen molar-refractivity contribution in [3.05, 3.63) is 35.5 Å². The third-order valence-electron chi connectivity index (χ3n) is 5.18. The van der Waals surface area contributed by atoms with Gasteiger partial charge in [-0.3, -0.25) is 14.5 Å². The molecule has 1 saturated heterocycles. The molecule has 0 aliphatic carbocycles. The van der Waals surface area contributed by atoms with E-state index in [1.165, 1.54) is 4.90 Å². The van der Waals surface area contributed by atoms with Crippen LogP contribution in [0.2, 0.25) is 0 Å². The Morgan fingerprint density at radius 1 is 1.00 bits per heavy atom. The summed E-state index contributed by atoms with van der Waals surface area (Å²) in [5.74, 6) is 0.271. The molecule has 0 bridgehead atoms. The van der Waals surface area contributed by atoms with Crippen molar-refractivity contribution < 1.29 is 19.1 Å². The highest BCUT2D eigenvalue weighted by atomic mass is 16.5. The van der Waals surface area contributed by atoms with Gasteiger partial charge in [0.2, 0.25) is 0 Å². The minimum absolute atomic E-state index is 0.0541. The van der Waals surface area contributed by atoms with Crippen LogP contribution in [0, 0.1) is 0 Å². The first kappa shape index (κ1) is 21.3. The summed E-state index contributed by atoms with van der Waals surface area (Å²) in [5, 5.41) is 0. The number of nitrogens with zero attached hydrogens (tertiary/aromatic N) is 3. The molecule has 0 N–H and O–H groups in total. The summed E-state index contributed by atoms with van der Waals surface area (Å²) in [7, 11) is 2.07. The van der Waals surface area contributed by atoms with E-state index in [0.29, 0.717) is 24.5 Å². The molecule has 0 aromatic heterocycles. The van der Waals surface area contributed by atoms with Crippen LogP contribution >= 0.6 is 0 Å². The van der Waals surface area contributed by atoms with Gasteiger partial charge in [0.05, 0.1) is 31.4 Å². The lowest BCUT2D eigenvalue weighted by molar-refractivity contribution is -0.138. The van der Waals surface area contributed by atoms with Crippen molar-refractivity contribution in [1.29, 1.82) is 0 Å². The Labute approximate surface area is 172 Å². The first-order valence-corrected chi connectivity index (χ1v) is 10.3. The van der Waals surface area contributed by atoms with E-state index in [2.05, 4.69) is 16.8 Å². The Kier molecular flexibility index (Phi) is 6.92. The zero-order valence-electron chi connectivity index (χ0n) is 17.8. The number of carbonyl (C=O) groups excluding carboxylic acids is 2. The lowest BCUT2D eigenvalue weighted by Crippen LogP contribution is -2.46. The normalized spacial score (nSPS) is 18.4. The molecular weight excluding hydrogens is 370 g/mol. The van der Waals surface area contributed by atoms with Crippen molar-refractivity contribution >= 4 is 17.4 Å². The second kappa shape index (κ2) is 9.41. The lowest BCUT2D eigenvalue weighted by atomic mass is 10.0. The van der Waals surface area contributed by atoms with E-state index in [1.54, 1.807) is 0 Å². The first-order valence-electron chi connectivity index (χ1n) is 10.3. The van der Waals surface area contributed by atoms with Gasteiger partial charge in [0.25, 0.3) is 11.8 Å². The van der Waals surface area contributed by atoms with E-state index in [1.807, 2.05) is 45.0 Å². The molecule has 2 amide bonds. The van der Waals surface area contributed by atoms with E-state index in [0.717, 1.165) is 37.5 Å². The molecule has 1 aromatic carbocycles. The number of benzene rings is 1. The summed E-state index contributed by atoms with van der Waals surface area (Å²) in [5.41, 5.74) is 1.73. The number of imide groups is 1. The third kappa shape index (κ3) is 4.79. The topological polar surface area (TPSA) is 62.3 Å². The molecule has 158 valence electrons. The van der Waals surface area contributed by atoms with E-state index < -0.39 is 0 Å². The number of ether oxygens (including phenoxy) is 2. The van der Waals surface area contributed by atoms with Gasteiger partial charge in [-0.25, -0.2) is 0 Å². The molecule has 0 atom stereocenters. The van der Waals surface area contributed by atoms with Gasteiger partial charge >= 0.3 is 0 Å². The Morgan fingerprint density at radius 3 is 2.24 bits per heavy atom. The molecule has 29 heavy (non-hydrogen) atoms. The maximum Gasteiger partial charge on any atom is 0.277 e. The zero-order chi connectivity index (χ0) is 21.0. The first-order chi connectivity index (χ1) is 13.9. The zero-order valence-corrected chi connectivity index (χ0v) is 17.8. The van der Waals surface area contributed by atoms with E-state index in [9.17, 15) is 9.59 Å². The molecule has 1 aromatic rings. The molecule has 1 fully saturated rings. The standard InChI is InChI=1S/C22H31N3O4/c1-5-28-18-8-6-17(7-9-18)19-20(24-12-10-23(4)11-13-24)22(27)25(21(19)26)14-15-29-16(2)3/h6-9,16H,5,10-15H2,1-4H3. The minimum atomic E-state index is -0.250. The fourth-order valence-electron chi connectivity index (χ4n) is 3.61. The number of hydrogen-bond acceptors (Lipinski definition) is 6. The minimum Gasteiger partial charge on any atom is -0.494 e. The van der Waals surface area contributed by atoms with Crippen molar-refractivity contribution in [2.75, 3.05) is 53.0 Å². The molecule has 2 heterocycles. The van der Waals surface area contributed by atoms with Crippen molar-refractivity contribution in [2.45, 2.75) is 26.9 Å². The molecule has 0 spiro atoms. The highest BCUT2D eigenvalue weighted by Gasteiger charge is 2.41. The maximum absolute atomic E-state index is 13.2. The summed E-state index contributed by atoms with van der Waals surface area (Å²) in [6, 6.07) is 7.40. The smallest absolute Gasteiger partial charge is 0.277 e. The summed E-state index contributed by atoms with van der Waals surface area (Å²) in [6.07, 6.45) is 0.0541. The van der Waals surface area contributed by atoms with Crippen LogP contribution in [0.4, 0.5) is 0 Å². The highest BCUT2D eigenvalue weighted by Crippen LogP contribution is 2.32. The van der Waals surface area contributed by atoms with E-state index >= 15 is 0 Å². The largest absolute Gasteiger partial charge is 0.494 e. The second-order valence-corrected chi connectivity index (χ2v) is 7.65. The van der Waals surface area contributed by atoms with Crippen molar-refractivity contribution in [1.82, 2.24) is 14.7 Å². The summed E-state index contributed by atoms with van der Waals surface area (Å²) < 4.78 is 11.1. The van der Waals surface area contributed by atoms with Crippen LogP contribution in [0.1, 0.15) is 26.3 Å². The Balaban J connectivity index is 1.91. The van der Waals surface area contributed by atoms with Crippen LogP contribution in [0.15, 0.2) is 30.0 Å². The predicted octanol–water partition coefficient (Wildman–Crippen LogP) is 1.84. The van der Waals surface area contributed by atoms with Crippen LogP contribution in [0.5, 0.6) is 5.75 Å². The molecule has 3 rings (SSSR count). The van der Waals surface area contributed by atoms with Gasteiger partial charge in [-0.2, -0.15) is 0 Å². The van der Waals surface area contributed by atoms with Crippen molar-refractivity contribution in [3.8, 4) is 5.75 Å². The van der Waals surface area contributed by atoms with Crippen LogP contribution < -0.4 is 4.74 Å². The van der Waals surface area contributed by atoms with Gasteiger partial charge in [-0.15, -0.1) is 0 Å². The van der Waals surface area contributed by atoms with Gasteiger partial charge in [0, 0.05) is 26.2 Å². The molecule has 0 saturated carbocycles. The average Bonchev–Trinajstić information content (AvgIpc) is 2.94. The Morgan fingerprint density at radius 2 is 1.66 bits per heavy atom. The third-order valence-corrected chi connectivity index (χ3v) is 5.18. The number of carbonyl (C=O) groups is 2. The fraction of sp³-hybridized carbons (Fsp3) is 0.545. The number of likely N-dealkylation sites (N-methyl/N-ethyl adjacent to an activating group) is 1. The number of rotatable bonds is 8. The number of piperazine rings is 1. The van der Waals surface area contributed by atoms with Gasteiger partial charge in [-0.1, -0.05) is 12.1 Å². The quantitative estimate of drug-likeness (QED) is 0.620. The molecule has 2 aliphatic heterocycles. The SMILES string of the molecule is CCOc1ccc(C2=C(N3CCN(C)CC3)C(=O)N(CCOC(C)C)C2=O)cc1. The van der Waals surface area contributed by atoms with Gasteiger partial charge in [-0.05, 0) is 45.5 Å². The second-order valence-electron chi connectivity index (χ2n) is 7.65. The molecule has 7 heteroatoms. The van der Waals surface area contributed by atoms with Crippen molar-refractivity contribution in [3.63, 3.8) is 0 Å². The lowest BCUT2D eigenvalue weighted by Gasteiger charge is -2.34. The molecule has 0 unspecified atom stereocenters. The molecule has 0 radical (unpaired) electrons. The monoisotopic (exact) mass is 401 g/mol. The van der Waals surface area contributed by atoms with Crippen LogP contribution in [0.3, 0.4) is 0 Å². The summed E-state index contributed by atoms with van der Waals surface area (Å²) in [6.45, 7) is 10.1. The number of amides is 2. The summed E-state index contributed by atoms with van der Waals surface area (Å²) >= 11 is 0. The van der Waals surface area contributed by atoms with Crippen molar-refractivity contribution in [2.24, 2.45) is 0 Å². The molecular formula is C22H31N3O4. The van der Waals surface area contributed by atoms with Gasteiger partial charge in [0.1, 0.15) is 11.4 Å².